The van der Waals surface area contributed by atoms with Gasteiger partial charge >= 0.3 is 0 Å². The molecule has 0 amide bonds. The maximum Gasteiger partial charge on any atom is 0.109 e. The van der Waals surface area contributed by atoms with E-state index in [9.17, 15) is 0 Å². The van der Waals surface area contributed by atoms with Crippen LogP contribution in [0.15, 0.2) is 42.2 Å². The zero-order valence-electron chi connectivity index (χ0n) is 12.0. The Kier molecular flexibility index (Phi) is 5.03. The molecule has 3 atom stereocenters. The molecule has 0 aliphatic carbocycles. The molecule has 3 unspecified atom stereocenters. The summed E-state index contributed by atoms with van der Waals surface area (Å²) in [4.78, 5) is 0. The minimum absolute atomic E-state index is 0.0300. The van der Waals surface area contributed by atoms with E-state index in [0.29, 0.717) is 11.8 Å². The van der Waals surface area contributed by atoms with Gasteiger partial charge in [0.25, 0.3) is 0 Å². The van der Waals surface area contributed by atoms with Gasteiger partial charge in [-0.2, -0.15) is 0 Å². The first-order chi connectivity index (χ1) is 9.24. The second-order valence-electron chi connectivity index (χ2n) is 5.44. The number of ether oxygens (including phenoxy) is 1. The fraction of sp³-hybridized carbons (Fsp3) is 0.529. The van der Waals surface area contributed by atoms with E-state index < -0.39 is 0 Å². The van der Waals surface area contributed by atoms with Crippen molar-refractivity contribution in [1.82, 2.24) is 0 Å². The highest BCUT2D eigenvalue weighted by molar-refractivity contribution is 5.25. The average Bonchev–Trinajstić information content (AvgIpc) is 2.49. The van der Waals surface area contributed by atoms with Gasteiger partial charge in [0.15, 0.2) is 0 Å². The van der Waals surface area contributed by atoms with Crippen LogP contribution in [-0.4, -0.2) is 12.6 Å². The lowest BCUT2D eigenvalue weighted by Gasteiger charge is -2.32. The highest BCUT2D eigenvalue weighted by atomic mass is 16.5. The van der Waals surface area contributed by atoms with Crippen molar-refractivity contribution < 1.29 is 4.74 Å². The van der Waals surface area contributed by atoms with E-state index in [-0.39, 0.29) is 6.04 Å². The standard InChI is InChI=1S/C17H25NO/c1-3-13(2)16(14-9-5-4-6-10-14)17(18)15-11-7-8-12-19-15/h4-6,9-11,13,16-17H,3,7-8,12,18H2,1-2H3. The fourth-order valence-electron chi connectivity index (χ4n) is 2.80. The van der Waals surface area contributed by atoms with Gasteiger partial charge in [-0.25, -0.2) is 0 Å². The quantitative estimate of drug-likeness (QED) is 0.872. The topological polar surface area (TPSA) is 35.2 Å². The van der Waals surface area contributed by atoms with E-state index in [1.807, 2.05) is 0 Å². The summed E-state index contributed by atoms with van der Waals surface area (Å²) >= 11 is 0. The first-order valence-electron chi connectivity index (χ1n) is 7.37. The Hall–Kier alpha value is -1.28. The van der Waals surface area contributed by atoms with Crippen LogP contribution < -0.4 is 5.73 Å². The lowest BCUT2D eigenvalue weighted by molar-refractivity contribution is 0.163. The molecule has 1 aliphatic heterocycles. The molecule has 0 spiro atoms. The number of benzene rings is 1. The number of hydrogen-bond donors (Lipinski definition) is 1. The minimum Gasteiger partial charge on any atom is -0.497 e. The molecular weight excluding hydrogens is 234 g/mol. The van der Waals surface area contributed by atoms with E-state index in [1.54, 1.807) is 0 Å². The Bertz CT molecular complexity index is 413. The van der Waals surface area contributed by atoms with Crippen molar-refractivity contribution in [2.45, 2.75) is 45.1 Å². The summed E-state index contributed by atoms with van der Waals surface area (Å²) in [5.74, 6) is 1.86. The lowest BCUT2D eigenvalue weighted by atomic mass is 9.79. The van der Waals surface area contributed by atoms with Crippen molar-refractivity contribution in [2.24, 2.45) is 11.7 Å². The second kappa shape index (κ2) is 6.76. The maximum atomic E-state index is 6.51. The molecule has 0 saturated heterocycles. The number of rotatable bonds is 5. The van der Waals surface area contributed by atoms with Crippen LogP contribution in [-0.2, 0) is 4.74 Å². The summed E-state index contributed by atoms with van der Waals surface area (Å²) in [7, 11) is 0. The fourth-order valence-corrected chi connectivity index (χ4v) is 2.80. The van der Waals surface area contributed by atoms with E-state index in [4.69, 9.17) is 10.5 Å². The molecule has 0 aromatic heterocycles. The van der Waals surface area contributed by atoms with Crippen molar-refractivity contribution in [3.63, 3.8) is 0 Å². The van der Waals surface area contributed by atoms with Gasteiger partial charge in [0, 0.05) is 5.92 Å². The van der Waals surface area contributed by atoms with E-state index in [2.05, 4.69) is 50.3 Å². The van der Waals surface area contributed by atoms with Crippen LogP contribution >= 0.6 is 0 Å². The molecule has 2 rings (SSSR count). The number of nitrogens with two attached hydrogens (primary N) is 1. The second-order valence-corrected chi connectivity index (χ2v) is 5.44. The third kappa shape index (κ3) is 3.38. The summed E-state index contributed by atoms with van der Waals surface area (Å²) in [6, 6.07) is 10.6. The molecule has 1 aromatic carbocycles. The van der Waals surface area contributed by atoms with Crippen LogP contribution in [0, 0.1) is 5.92 Å². The molecule has 2 nitrogen and oxygen atoms in total. The Labute approximate surface area is 116 Å². The van der Waals surface area contributed by atoms with Crippen LogP contribution in [0.1, 0.15) is 44.6 Å². The van der Waals surface area contributed by atoms with E-state index in [0.717, 1.165) is 31.6 Å². The van der Waals surface area contributed by atoms with Gasteiger partial charge in [-0.15, -0.1) is 0 Å². The average molecular weight is 259 g/mol. The predicted molar refractivity (Wildman–Crippen MR) is 79.9 cm³/mol. The van der Waals surface area contributed by atoms with Gasteiger partial charge < -0.3 is 10.5 Å². The minimum atomic E-state index is -0.0300. The highest BCUT2D eigenvalue weighted by Crippen LogP contribution is 2.33. The third-order valence-electron chi connectivity index (χ3n) is 4.12. The van der Waals surface area contributed by atoms with Crippen LogP contribution in [0.3, 0.4) is 0 Å². The normalized spacial score (nSPS) is 20.1. The molecule has 2 N–H and O–H groups in total. The summed E-state index contributed by atoms with van der Waals surface area (Å²) < 4.78 is 5.77. The zero-order valence-corrected chi connectivity index (χ0v) is 12.0. The Balaban J connectivity index is 2.25. The van der Waals surface area contributed by atoms with Crippen molar-refractivity contribution in [3.05, 3.63) is 47.7 Å². The molecule has 0 fully saturated rings. The van der Waals surface area contributed by atoms with Gasteiger partial charge in [-0.1, -0.05) is 50.6 Å². The summed E-state index contributed by atoms with van der Waals surface area (Å²) in [5, 5.41) is 0. The highest BCUT2D eigenvalue weighted by Gasteiger charge is 2.29. The maximum absolute atomic E-state index is 6.51. The monoisotopic (exact) mass is 259 g/mol. The van der Waals surface area contributed by atoms with Gasteiger partial charge in [-0.3, -0.25) is 0 Å². The Morgan fingerprint density at radius 2 is 2.00 bits per heavy atom. The van der Waals surface area contributed by atoms with Crippen molar-refractivity contribution in [2.75, 3.05) is 6.61 Å². The molecule has 0 saturated carbocycles. The third-order valence-corrected chi connectivity index (χ3v) is 4.12. The molecule has 104 valence electrons. The van der Waals surface area contributed by atoms with Crippen LogP contribution in [0.4, 0.5) is 0 Å². The van der Waals surface area contributed by atoms with Crippen molar-refractivity contribution in [3.8, 4) is 0 Å². The Morgan fingerprint density at radius 1 is 1.26 bits per heavy atom. The van der Waals surface area contributed by atoms with Crippen LogP contribution in [0.2, 0.25) is 0 Å². The van der Waals surface area contributed by atoms with Gasteiger partial charge in [-0.05, 0) is 30.4 Å². The molecule has 1 aliphatic rings. The largest absolute Gasteiger partial charge is 0.497 e. The number of allylic oxidation sites excluding steroid dienone is 1. The van der Waals surface area contributed by atoms with Crippen LogP contribution in [0.5, 0.6) is 0 Å². The van der Waals surface area contributed by atoms with Crippen molar-refractivity contribution in [1.29, 1.82) is 0 Å². The first kappa shape index (κ1) is 14.1. The molecule has 2 heteroatoms. The van der Waals surface area contributed by atoms with E-state index in [1.165, 1.54) is 5.56 Å². The molecular formula is C17H25NO. The first-order valence-corrected chi connectivity index (χ1v) is 7.37. The molecule has 1 heterocycles. The van der Waals surface area contributed by atoms with Gasteiger partial charge in [0.05, 0.1) is 12.6 Å². The number of hydrogen-bond acceptors (Lipinski definition) is 2. The molecule has 1 aromatic rings. The van der Waals surface area contributed by atoms with Gasteiger partial charge in [0.1, 0.15) is 5.76 Å². The van der Waals surface area contributed by atoms with Crippen molar-refractivity contribution >= 4 is 0 Å². The predicted octanol–water partition coefficient (Wildman–Crippen LogP) is 3.84. The molecule has 0 radical (unpaired) electrons. The molecule has 19 heavy (non-hydrogen) atoms. The zero-order chi connectivity index (χ0) is 13.7. The summed E-state index contributed by atoms with van der Waals surface area (Å²) in [6.07, 6.45) is 5.49. The van der Waals surface area contributed by atoms with E-state index >= 15 is 0 Å². The SMILES string of the molecule is CCC(C)C(c1ccccc1)C(N)C1=CCCCO1. The lowest BCUT2D eigenvalue weighted by Crippen LogP contribution is -2.36. The van der Waals surface area contributed by atoms with Gasteiger partial charge in [0.2, 0.25) is 0 Å². The summed E-state index contributed by atoms with van der Waals surface area (Å²) in [6.45, 7) is 5.31. The Morgan fingerprint density at radius 3 is 2.58 bits per heavy atom. The smallest absolute Gasteiger partial charge is 0.109 e. The summed E-state index contributed by atoms with van der Waals surface area (Å²) in [5.41, 5.74) is 7.83. The van der Waals surface area contributed by atoms with Crippen LogP contribution in [0.25, 0.3) is 0 Å². The molecule has 0 bridgehead atoms.